The Morgan fingerprint density at radius 1 is 1.27 bits per heavy atom. The van der Waals surface area contributed by atoms with Crippen LogP contribution in [0.1, 0.15) is 37.9 Å². The van der Waals surface area contributed by atoms with Crippen LogP contribution in [0, 0.1) is 12.8 Å². The summed E-state index contributed by atoms with van der Waals surface area (Å²) < 4.78 is 0. The number of hydrogen-bond acceptors (Lipinski definition) is 3. The summed E-state index contributed by atoms with van der Waals surface area (Å²) in [7, 11) is 0. The lowest BCUT2D eigenvalue weighted by atomic mass is 9.95. The lowest BCUT2D eigenvalue weighted by Gasteiger charge is -2.33. The number of hydrogen-bond donors (Lipinski definition) is 2. The molecule has 3 rings (SSSR count). The highest BCUT2D eigenvalue weighted by atomic mass is 16.2. The fourth-order valence-corrected chi connectivity index (χ4v) is 3.75. The third-order valence-electron chi connectivity index (χ3n) is 5.50. The predicted octanol–water partition coefficient (Wildman–Crippen LogP) is 2.50. The van der Waals surface area contributed by atoms with Gasteiger partial charge in [-0.3, -0.25) is 14.5 Å². The number of nitrogens with one attached hydrogen (secondary N) is 2. The van der Waals surface area contributed by atoms with Crippen molar-refractivity contribution in [2.24, 2.45) is 5.92 Å². The van der Waals surface area contributed by atoms with E-state index in [9.17, 15) is 14.4 Å². The van der Waals surface area contributed by atoms with Gasteiger partial charge in [-0.15, -0.1) is 6.58 Å². The molecule has 0 spiro atoms. The van der Waals surface area contributed by atoms with Crippen molar-refractivity contribution in [3.05, 3.63) is 59.3 Å². The third kappa shape index (κ3) is 4.10. The van der Waals surface area contributed by atoms with Gasteiger partial charge in [0.25, 0.3) is 5.91 Å². The zero-order valence-electron chi connectivity index (χ0n) is 18.1. The molecular weight excluding hydrogens is 380 g/mol. The van der Waals surface area contributed by atoms with Crippen LogP contribution in [0.3, 0.4) is 0 Å². The summed E-state index contributed by atoms with van der Waals surface area (Å²) in [6.45, 7) is 12.5. The Kier molecular flexibility index (Phi) is 6.29. The molecule has 0 radical (unpaired) electrons. The average Bonchev–Trinajstić information content (AvgIpc) is 3.05. The molecule has 2 aliphatic heterocycles. The predicted molar refractivity (Wildman–Crippen MR) is 115 cm³/mol. The van der Waals surface area contributed by atoms with Crippen LogP contribution >= 0.6 is 0 Å². The summed E-state index contributed by atoms with van der Waals surface area (Å²) in [6, 6.07) is 6.30. The summed E-state index contributed by atoms with van der Waals surface area (Å²) in [4.78, 5) is 41.9. The van der Waals surface area contributed by atoms with E-state index in [1.54, 1.807) is 13.0 Å². The van der Waals surface area contributed by atoms with E-state index in [1.165, 1.54) is 9.80 Å². The van der Waals surface area contributed by atoms with Gasteiger partial charge in [0.05, 0.1) is 23.9 Å². The highest BCUT2D eigenvalue weighted by Crippen LogP contribution is 2.37. The number of benzene rings is 1. The first-order chi connectivity index (χ1) is 14.2. The number of rotatable bonds is 7. The van der Waals surface area contributed by atoms with Crippen LogP contribution in [0.4, 0.5) is 4.79 Å². The topological polar surface area (TPSA) is 81.8 Å². The van der Waals surface area contributed by atoms with Crippen LogP contribution in [0.2, 0.25) is 0 Å². The van der Waals surface area contributed by atoms with Crippen molar-refractivity contribution < 1.29 is 14.4 Å². The van der Waals surface area contributed by atoms with Gasteiger partial charge in [0.2, 0.25) is 5.91 Å². The Labute approximate surface area is 177 Å². The van der Waals surface area contributed by atoms with Crippen LogP contribution < -0.4 is 10.6 Å². The molecule has 160 valence electrons. The van der Waals surface area contributed by atoms with Crippen LogP contribution in [-0.2, 0) is 9.59 Å². The van der Waals surface area contributed by atoms with Gasteiger partial charge < -0.3 is 15.5 Å². The Balaban J connectivity index is 1.93. The first kappa shape index (κ1) is 21.6. The van der Waals surface area contributed by atoms with Crippen LogP contribution in [0.25, 0.3) is 0 Å². The molecule has 0 bridgehead atoms. The van der Waals surface area contributed by atoms with Crippen molar-refractivity contribution in [1.82, 2.24) is 20.4 Å². The van der Waals surface area contributed by atoms with Crippen molar-refractivity contribution in [2.75, 3.05) is 19.6 Å². The lowest BCUT2D eigenvalue weighted by molar-refractivity contribution is -0.135. The molecule has 2 heterocycles. The smallest absolute Gasteiger partial charge is 0.322 e. The molecule has 0 saturated heterocycles. The van der Waals surface area contributed by atoms with Gasteiger partial charge in [-0.05, 0) is 25.3 Å². The minimum Gasteiger partial charge on any atom is -0.354 e. The normalized spacial score (nSPS) is 19.7. The minimum atomic E-state index is -0.638. The largest absolute Gasteiger partial charge is 0.354 e. The molecule has 2 N–H and O–H groups in total. The summed E-state index contributed by atoms with van der Waals surface area (Å²) >= 11 is 0. The summed E-state index contributed by atoms with van der Waals surface area (Å²) in [5.74, 6) is -0.104. The Morgan fingerprint density at radius 2 is 1.93 bits per heavy atom. The molecule has 0 aliphatic carbocycles. The van der Waals surface area contributed by atoms with Crippen molar-refractivity contribution in [1.29, 1.82) is 0 Å². The summed E-state index contributed by atoms with van der Waals surface area (Å²) in [5.41, 5.74) is 3.09. The molecule has 2 atom stereocenters. The molecule has 0 saturated carbocycles. The second kappa shape index (κ2) is 8.73. The highest BCUT2D eigenvalue weighted by molar-refractivity contribution is 6.03. The van der Waals surface area contributed by atoms with Gasteiger partial charge >= 0.3 is 6.03 Å². The summed E-state index contributed by atoms with van der Waals surface area (Å²) in [6.07, 6.45) is 1.63. The zero-order chi connectivity index (χ0) is 22.0. The number of nitrogens with zero attached hydrogens (tertiary/aromatic N) is 2. The van der Waals surface area contributed by atoms with E-state index < -0.39 is 12.1 Å². The van der Waals surface area contributed by atoms with E-state index in [0.717, 1.165) is 11.1 Å². The molecule has 30 heavy (non-hydrogen) atoms. The molecule has 1 aromatic rings. The second-order valence-electron chi connectivity index (χ2n) is 8.30. The van der Waals surface area contributed by atoms with Gasteiger partial charge in [0, 0.05) is 13.1 Å². The fourth-order valence-electron chi connectivity index (χ4n) is 3.75. The minimum absolute atomic E-state index is 0.196. The Bertz CT molecular complexity index is 888. The van der Waals surface area contributed by atoms with Crippen LogP contribution in [0.5, 0.6) is 0 Å². The van der Waals surface area contributed by atoms with Gasteiger partial charge in [0.1, 0.15) is 6.04 Å². The van der Waals surface area contributed by atoms with Gasteiger partial charge in [0.15, 0.2) is 0 Å². The SMILES string of the molecule is C=CCN1C(=O)N[C@@H](c2ccc(C)cc2)C2=C1CN([C@H](C)C(=O)NCC(C)C)C2=O. The molecule has 4 amide bonds. The Morgan fingerprint density at radius 3 is 2.53 bits per heavy atom. The standard InChI is InChI=1S/C23H30N4O3/c1-6-11-26-18-13-27(16(5)21(28)24-12-14(2)3)22(29)19(18)20(25-23(26)30)17-9-7-15(4)8-10-17/h6-10,14,16,20H,1,11-13H2,2-5H3,(H,24,28)(H,25,30)/t16-,20+/m1/s1. The van der Waals surface area contributed by atoms with Crippen LogP contribution in [-0.4, -0.2) is 53.3 Å². The van der Waals surface area contributed by atoms with Crippen molar-refractivity contribution in [3.63, 3.8) is 0 Å². The van der Waals surface area contributed by atoms with E-state index in [-0.39, 0.29) is 24.4 Å². The van der Waals surface area contributed by atoms with Gasteiger partial charge in [-0.1, -0.05) is 49.8 Å². The van der Waals surface area contributed by atoms with Crippen molar-refractivity contribution in [3.8, 4) is 0 Å². The van der Waals surface area contributed by atoms with E-state index in [0.29, 0.717) is 30.3 Å². The lowest BCUT2D eigenvalue weighted by Crippen LogP contribution is -2.47. The monoisotopic (exact) mass is 410 g/mol. The number of carbonyl (C=O) groups is 3. The number of carbonyl (C=O) groups excluding carboxylic acids is 3. The second-order valence-corrected chi connectivity index (χ2v) is 8.30. The molecule has 0 fully saturated rings. The molecule has 7 heteroatoms. The third-order valence-corrected chi connectivity index (χ3v) is 5.50. The number of aryl methyl sites for hydroxylation is 1. The molecule has 2 aliphatic rings. The Hall–Kier alpha value is -3.09. The molecular formula is C23H30N4O3. The fraction of sp³-hybridized carbons (Fsp3) is 0.435. The van der Waals surface area contributed by atoms with Gasteiger partial charge in [-0.25, -0.2) is 4.79 Å². The molecule has 0 unspecified atom stereocenters. The quantitative estimate of drug-likeness (QED) is 0.678. The molecule has 1 aromatic carbocycles. The maximum absolute atomic E-state index is 13.4. The van der Waals surface area contributed by atoms with Crippen molar-refractivity contribution >= 4 is 17.8 Å². The highest BCUT2D eigenvalue weighted by Gasteiger charge is 2.45. The van der Waals surface area contributed by atoms with Gasteiger partial charge in [-0.2, -0.15) is 0 Å². The van der Waals surface area contributed by atoms with Crippen molar-refractivity contribution in [2.45, 2.75) is 39.8 Å². The molecule has 0 aromatic heterocycles. The van der Waals surface area contributed by atoms with Crippen LogP contribution in [0.15, 0.2) is 48.2 Å². The van der Waals surface area contributed by atoms with E-state index in [4.69, 9.17) is 0 Å². The summed E-state index contributed by atoms with van der Waals surface area (Å²) in [5, 5.41) is 5.84. The zero-order valence-corrected chi connectivity index (χ0v) is 18.1. The number of urea groups is 1. The first-order valence-corrected chi connectivity index (χ1v) is 10.3. The van der Waals surface area contributed by atoms with E-state index >= 15 is 0 Å². The van der Waals surface area contributed by atoms with E-state index in [2.05, 4.69) is 17.2 Å². The molecule has 7 nitrogen and oxygen atoms in total. The van der Waals surface area contributed by atoms with E-state index in [1.807, 2.05) is 45.0 Å². The average molecular weight is 411 g/mol. The number of amides is 4. The first-order valence-electron chi connectivity index (χ1n) is 10.3. The maximum Gasteiger partial charge on any atom is 0.322 e. The maximum atomic E-state index is 13.4.